The van der Waals surface area contributed by atoms with Crippen LogP contribution < -0.4 is 10.6 Å². The Labute approximate surface area is 118 Å². The van der Waals surface area contributed by atoms with Crippen molar-refractivity contribution < 1.29 is 4.79 Å². The fourth-order valence-corrected chi connectivity index (χ4v) is 2.73. The van der Waals surface area contributed by atoms with Gasteiger partial charge in [0.25, 0.3) is 0 Å². The van der Waals surface area contributed by atoms with Gasteiger partial charge in [-0.1, -0.05) is 13.8 Å². The van der Waals surface area contributed by atoms with Gasteiger partial charge in [0.2, 0.25) is 5.91 Å². The third-order valence-electron chi connectivity index (χ3n) is 4.25. The van der Waals surface area contributed by atoms with Crippen molar-refractivity contribution in [2.45, 2.75) is 59.0 Å². The van der Waals surface area contributed by atoms with Crippen LogP contribution in [0.1, 0.15) is 47.0 Å². The lowest BCUT2D eigenvalue weighted by molar-refractivity contribution is -0.123. The van der Waals surface area contributed by atoms with Gasteiger partial charge >= 0.3 is 0 Å². The third kappa shape index (κ3) is 5.91. The molecule has 1 fully saturated rings. The zero-order chi connectivity index (χ0) is 14.3. The van der Waals surface area contributed by atoms with Crippen molar-refractivity contribution in [2.24, 2.45) is 5.92 Å². The molecule has 1 rings (SSSR count). The van der Waals surface area contributed by atoms with Gasteiger partial charge in [0.15, 0.2) is 0 Å². The molecular formula is C15H31N3O. The molecule has 19 heavy (non-hydrogen) atoms. The first-order valence-electron chi connectivity index (χ1n) is 7.81. The summed E-state index contributed by atoms with van der Waals surface area (Å²) in [6.45, 7) is 12.3. The van der Waals surface area contributed by atoms with E-state index in [2.05, 4.69) is 43.2 Å². The van der Waals surface area contributed by atoms with E-state index in [1.165, 1.54) is 12.8 Å². The molecule has 4 heteroatoms. The molecular weight excluding hydrogens is 238 g/mol. The molecule has 1 aliphatic rings. The highest BCUT2D eigenvalue weighted by Crippen LogP contribution is 2.20. The average Bonchev–Trinajstić information content (AvgIpc) is 2.39. The lowest BCUT2D eigenvalue weighted by Gasteiger charge is -2.34. The zero-order valence-electron chi connectivity index (χ0n) is 13.0. The topological polar surface area (TPSA) is 44.4 Å². The standard InChI is InChI=1S/C15H31N3O/c1-5-12(3)17-15(19)11-18-9-7-14(8-10-18)13(4)16-6-2/h12-14,16H,5-11H2,1-4H3,(H,17,19). The Kier molecular flexibility index (Phi) is 7.39. The van der Waals surface area contributed by atoms with Gasteiger partial charge in [-0.3, -0.25) is 9.69 Å². The van der Waals surface area contributed by atoms with Crippen LogP contribution in [0, 0.1) is 5.92 Å². The van der Waals surface area contributed by atoms with Gasteiger partial charge in [0.1, 0.15) is 0 Å². The number of piperidine rings is 1. The van der Waals surface area contributed by atoms with E-state index in [-0.39, 0.29) is 5.91 Å². The quantitative estimate of drug-likeness (QED) is 0.738. The summed E-state index contributed by atoms with van der Waals surface area (Å²) in [6.07, 6.45) is 3.39. The normalized spacial score (nSPS) is 21.1. The zero-order valence-corrected chi connectivity index (χ0v) is 13.0. The maximum absolute atomic E-state index is 11.8. The van der Waals surface area contributed by atoms with Crippen molar-refractivity contribution in [3.63, 3.8) is 0 Å². The summed E-state index contributed by atoms with van der Waals surface area (Å²) in [4.78, 5) is 14.1. The van der Waals surface area contributed by atoms with Crippen LogP contribution in [0.15, 0.2) is 0 Å². The highest BCUT2D eigenvalue weighted by atomic mass is 16.2. The van der Waals surface area contributed by atoms with E-state index < -0.39 is 0 Å². The Morgan fingerprint density at radius 2 is 1.89 bits per heavy atom. The molecule has 2 N–H and O–H groups in total. The molecule has 1 heterocycles. The molecule has 1 saturated heterocycles. The number of hydrogen-bond donors (Lipinski definition) is 2. The molecule has 0 radical (unpaired) electrons. The van der Waals surface area contributed by atoms with Crippen LogP contribution in [0.3, 0.4) is 0 Å². The lowest BCUT2D eigenvalue weighted by Crippen LogP contribution is -2.46. The third-order valence-corrected chi connectivity index (χ3v) is 4.25. The fourth-order valence-electron chi connectivity index (χ4n) is 2.73. The summed E-state index contributed by atoms with van der Waals surface area (Å²) < 4.78 is 0. The highest BCUT2D eigenvalue weighted by molar-refractivity contribution is 5.78. The second kappa shape index (κ2) is 8.54. The maximum Gasteiger partial charge on any atom is 0.234 e. The Balaban J connectivity index is 2.24. The molecule has 0 aromatic heterocycles. The van der Waals surface area contributed by atoms with Crippen molar-refractivity contribution in [1.29, 1.82) is 0 Å². The van der Waals surface area contributed by atoms with Gasteiger partial charge in [0.05, 0.1) is 6.54 Å². The molecule has 0 bridgehead atoms. The Morgan fingerprint density at radius 1 is 1.26 bits per heavy atom. The van der Waals surface area contributed by atoms with Crippen LogP contribution in [-0.4, -0.2) is 49.1 Å². The summed E-state index contributed by atoms with van der Waals surface area (Å²) >= 11 is 0. The van der Waals surface area contributed by atoms with E-state index in [9.17, 15) is 4.79 Å². The van der Waals surface area contributed by atoms with Crippen LogP contribution in [0.25, 0.3) is 0 Å². The van der Waals surface area contributed by atoms with Crippen LogP contribution in [0.4, 0.5) is 0 Å². The smallest absolute Gasteiger partial charge is 0.234 e. The van der Waals surface area contributed by atoms with Gasteiger partial charge in [0, 0.05) is 12.1 Å². The van der Waals surface area contributed by atoms with E-state index in [1.807, 2.05) is 0 Å². The van der Waals surface area contributed by atoms with E-state index in [0.29, 0.717) is 18.6 Å². The Morgan fingerprint density at radius 3 is 2.42 bits per heavy atom. The molecule has 2 unspecified atom stereocenters. The number of nitrogens with zero attached hydrogens (tertiary/aromatic N) is 1. The van der Waals surface area contributed by atoms with Crippen LogP contribution in [0.2, 0.25) is 0 Å². The molecule has 112 valence electrons. The number of rotatable bonds is 7. The predicted molar refractivity (Wildman–Crippen MR) is 80.2 cm³/mol. The van der Waals surface area contributed by atoms with Gasteiger partial charge in [-0.25, -0.2) is 0 Å². The van der Waals surface area contributed by atoms with Crippen LogP contribution in [-0.2, 0) is 4.79 Å². The maximum atomic E-state index is 11.8. The van der Waals surface area contributed by atoms with E-state index in [4.69, 9.17) is 0 Å². The highest BCUT2D eigenvalue weighted by Gasteiger charge is 2.24. The first kappa shape index (κ1) is 16.4. The van der Waals surface area contributed by atoms with E-state index in [0.717, 1.165) is 32.0 Å². The predicted octanol–water partition coefficient (Wildman–Crippen LogP) is 1.61. The number of hydrogen-bond acceptors (Lipinski definition) is 3. The van der Waals surface area contributed by atoms with E-state index in [1.54, 1.807) is 0 Å². The summed E-state index contributed by atoms with van der Waals surface area (Å²) in [5, 5.41) is 6.54. The summed E-state index contributed by atoms with van der Waals surface area (Å²) in [6, 6.07) is 0.889. The Bertz CT molecular complexity index is 262. The van der Waals surface area contributed by atoms with Crippen molar-refractivity contribution in [3.05, 3.63) is 0 Å². The minimum absolute atomic E-state index is 0.174. The van der Waals surface area contributed by atoms with Gasteiger partial charge in [-0.15, -0.1) is 0 Å². The molecule has 0 aliphatic carbocycles. The van der Waals surface area contributed by atoms with Gasteiger partial charge in [-0.2, -0.15) is 0 Å². The number of amides is 1. The first-order chi connectivity index (χ1) is 9.06. The van der Waals surface area contributed by atoms with Crippen molar-refractivity contribution in [3.8, 4) is 0 Å². The minimum Gasteiger partial charge on any atom is -0.353 e. The average molecular weight is 269 g/mol. The van der Waals surface area contributed by atoms with Crippen LogP contribution >= 0.6 is 0 Å². The Hall–Kier alpha value is -0.610. The molecule has 1 amide bonds. The molecule has 1 aliphatic heterocycles. The largest absolute Gasteiger partial charge is 0.353 e. The van der Waals surface area contributed by atoms with Crippen molar-refractivity contribution in [1.82, 2.24) is 15.5 Å². The first-order valence-corrected chi connectivity index (χ1v) is 7.81. The molecule has 0 saturated carbocycles. The van der Waals surface area contributed by atoms with Crippen molar-refractivity contribution in [2.75, 3.05) is 26.2 Å². The molecule has 2 atom stereocenters. The molecule has 4 nitrogen and oxygen atoms in total. The number of carbonyl (C=O) groups is 1. The number of nitrogens with one attached hydrogen (secondary N) is 2. The van der Waals surface area contributed by atoms with Crippen LogP contribution in [0.5, 0.6) is 0 Å². The lowest BCUT2D eigenvalue weighted by atomic mass is 9.90. The molecule has 0 aromatic carbocycles. The second-order valence-electron chi connectivity index (χ2n) is 5.84. The summed E-state index contributed by atoms with van der Waals surface area (Å²) in [5.74, 6) is 0.932. The van der Waals surface area contributed by atoms with Gasteiger partial charge in [-0.05, 0) is 58.7 Å². The number of likely N-dealkylation sites (tertiary alicyclic amines) is 1. The molecule has 0 spiro atoms. The fraction of sp³-hybridized carbons (Fsp3) is 0.933. The van der Waals surface area contributed by atoms with E-state index >= 15 is 0 Å². The second-order valence-corrected chi connectivity index (χ2v) is 5.84. The van der Waals surface area contributed by atoms with Gasteiger partial charge < -0.3 is 10.6 Å². The monoisotopic (exact) mass is 269 g/mol. The number of carbonyl (C=O) groups excluding carboxylic acids is 1. The SMILES string of the molecule is CCNC(C)C1CCN(CC(=O)NC(C)CC)CC1. The summed E-state index contributed by atoms with van der Waals surface area (Å²) in [7, 11) is 0. The minimum atomic E-state index is 0.174. The molecule has 0 aromatic rings. The summed E-state index contributed by atoms with van der Waals surface area (Å²) in [5.41, 5.74) is 0. The van der Waals surface area contributed by atoms with Crippen molar-refractivity contribution >= 4 is 5.91 Å².